The van der Waals surface area contributed by atoms with Crippen molar-refractivity contribution in [3.8, 4) is 0 Å². The number of hydrogen-bond donors (Lipinski definition) is 2. The molecule has 3 rings (SSSR count). The minimum atomic E-state index is -3.68. The number of carbonyl (C=O) groups is 2. The lowest BCUT2D eigenvalue weighted by atomic mass is 10.1. The monoisotopic (exact) mass is 433 g/mol. The highest BCUT2D eigenvalue weighted by atomic mass is 32.2. The van der Waals surface area contributed by atoms with Gasteiger partial charge in [-0.05, 0) is 48.7 Å². The molecule has 2 aromatic rings. The van der Waals surface area contributed by atoms with Gasteiger partial charge in [0, 0.05) is 18.7 Å². The first kappa shape index (κ1) is 21.9. The largest absolute Gasteiger partial charge is 0.273 e. The number of sulfonamides is 1. The molecule has 0 atom stereocenters. The summed E-state index contributed by atoms with van der Waals surface area (Å²) in [7, 11) is -3.68. The normalized spacial score (nSPS) is 15.2. The molecule has 0 saturated carbocycles. The van der Waals surface area contributed by atoms with Crippen LogP contribution in [0, 0.1) is 5.82 Å². The van der Waals surface area contributed by atoms with Crippen LogP contribution in [0.15, 0.2) is 53.4 Å². The van der Waals surface area contributed by atoms with Gasteiger partial charge in [0.15, 0.2) is 0 Å². The summed E-state index contributed by atoms with van der Waals surface area (Å²) in [4.78, 5) is 24.4. The van der Waals surface area contributed by atoms with E-state index in [4.69, 9.17) is 0 Å². The Kier molecular flexibility index (Phi) is 7.17. The highest BCUT2D eigenvalue weighted by Gasteiger charge is 2.25. The lowest BCUT2D eigenvalue weighted by Crippen LogP contribution is -2.42. The van der Waals surface area contributed by atoms with E-state index in [1.807, 2.05) is 0 Å². The number of nitrogens with one attached hydrogen (secondary N) is 2. The summed E-state index contributed by atoms with van der Waals surface area (Å²) in [6.07, 6.45) is 3.61. The van der Waals surface area contributed by atoms with Crippen LogP contribution in [0.1, 0.15) is 41.6 Å². The van der Waals surface area contributed by atoms with Crippen molar-refractivity contribution in [2.24, 2.45) is 0 Å². The van der Waals surface area contributed by atoms with Gasteiger partial charge >= 0.3 is 0 Å². The zero-order valence-electron chi connectivity index (χ0n) is 16.4. The van der Waals surface area contributed by atoms with Crippen LogP contribution in [0.3, 0.4) is 0 Å². The standard InChI is InChI=1S/C21H24FN3O4S/c22-18-10-8-16(9-11-18)14-20(26)23-24-21(27)17-6-5-7-19(15-17)30(28,29)25-12-3-1-2-4-13-25/h5-11,15H,1-4,12-14H2,(H,23,26)(H,24,27). The average molecular weight is 434 g/mol. The summed E-state index contributed by atoms with van der Waals surface area (Å²) in [5.41, 5.74) is 5.27. The number of amides is 2. The summed E-state index contributed by atoms with van der Waals surface area (Å²) >= 11 is 0. The fourth-order valence-corrected chi connectivity index (χ4v) is 4.82. The van der Waals surface area contributed by atoms with Crippen LogP contribution in [0.4, 0.5) is 4.39 Å². The van der Waals surface area contributed by atoms with Crippen molar-refractivity contribution in [3.63, 3.8) is 0 Å². The number of rotatable bonds is 5. The molecule has 1 fully saturated rings. The topological polar surface area (TPSA) is 95.6 Å². The first-order valence-electron chi connectivity index (χ1n) is 9.80. The van der Waals surface area contributed by atoms with Crippen LogP contribution in [-0.4, -0.2) is 37.6 Å². The number of hydrazine groups is 1. The van der Waals surface area contributed by atoms with Crippen molar-refractivity contribution < 1.29 is 22.4 Å². The minimum absolute atomic E-state index is 0.0378. The third-order valence-electron chi connectivity index (χ3n) is 4.89. The molecule has 1 heterocycles. The zero-order chi connectivity index (χ0) is 21.6. The lowest BCUT2D eigenvalue weighted by molar-refractivity contribution is -0.121. The van der Waals surface area contributed by atoms with Gasteiger partial charge in [0.25, 0.3) is 5.91 Å². The minimum Gasteiger partial charge on any atom is -0.273 e. The summed E-state index contributed by atoms with van der Waals surface area (Å²) in [5.74, 6) is -1.51. The second-order valence-electron chi connectivity index (χ2n) is 7.15. The molecule has 0 aromatic heterocycles. The van der Waals surface area contributed by atoms with Gasteiger partial charge in [-0.25, -0.2) is 12.8 Å². The van der Waals surface area contributed by atoms with Crippen molar-refractivity contribution in [1.29, 1.82) is 0 Å². The lowest BCUT2D eigenvalue weighted by Gasteiger charge is -2.20. The first-order valence-corrected chi connectivity index (χ1v) is 11.2. The van der Waals surface area contributed by atoms with Crippen molar-refractivity contribution >= 4 is 21.8 Å². The highest BCUT2D eigenvalue weighted by Crippen LogP contribution is 2.21. The Hall–Kier alpha value is -2.78. The zero-order valence-corrected chi connectivity index (χ0v) is 17.3. The van der Waals surface area contributed by atoms with Crippen LogP contribution in [0.5, 0.6) is 0 Å². The molecule has 2 amide bonds. The molecule has 30 heavy (non-hydrogen) atoms. The quantitative estimate of drug-likeness (QED) is 0.708. The number of hydrogen-bond acceptors (Lipinski definition) is 4. The summed E-state index contributed by atoms with van der Waals surface area (Å²) < 4.78 is 40.2. The Morgan fingerprint density at radius 2 is 1.60 bits per heavy atom. The van der Waals surface area contributed by atoms with E-state index >= 15 is 0 Å². The van der Waals surface area contributed by atoms with Crippen LogP contribution in [0.2, 0.25) is 0 Å². The molecule has 1 saturated heterocycles. The number of halogens is 1. The molecule has 9 heteroatoms. The molecule has 0 unspecified atom stereocenters. The molecule has 0 spiro atoms. The SMILES string of the molecule is O=C(Cc1ccc(F)cc1)NNC(=O)c1cccc(S(=O)(=O)N2CCCCCC2)c1. The molecule has 1 aliphatic heterocycles. The van der Waals surface area contributed by atoms with Gasteiger partial charge in [0.05, 0.1) is 11.3 Å². The molecular formula is C21H24FN3O4S. The first-order chi connectivity index (χ1) is 14.4. The maximum Gasteiger partial charge on any atom is 0.269 e. The van der Waals surface area contributed by atoms with Crippen molar-refractivity contribution in [2.45, 2.75) is 37.0 Å². The summed E-state index contributed by atoms with van der Waals surface area (Å²) in [5, 5.41) is 0. The van der Waals surface area contributed by atoms with E-state index in [2.05, 4.69) is 10.9 Å². The number of nitrogens with zero attached hydrogens (tertiary/aromatic N) is 1. The molecule has 0 bridgehead atoms. The van der Waals surface area contributed by atoms with E-state index in [-0.39, 0.29) is 16.9 Å². The molecule has 0 radical (unpaired) electrons. The Morgan fingerprint density at radius 1 is 0.933 bits per heavy atom. The van der Waals surface area contributed by atoms with Crippen LogP contribution in [0.25, 0.3) is 0 Å². The van der Waals surface area contributed by atoms with Gasteiger partial charge in [0.2, 0.25) is 15.9 Å². The van der Waals surface area contributed by atoms with Crippen molar-refractivity contribution in [2.75, 3.05) is 13.1 Å². The summed E-state index contributed by atoms with van der Waals surface area (Å²) in [6.45, 7) is 0.941. The van der Waals surface area contributed by atoms with E-state index in [0.717, 1.165) is 25.7 Å². The van der Waals surface area contributed by atoms with Gasteiger partial charge in [-0.2, -0.15) is 4.31 Å². The molecule has 0 aliphatic carbocycles. The van der Waals surface area contributed by atoms with Crippen molar-refractivity contribution in [3.05, 3.63) is 65.5 Å². The van der Waals surface area contributed by atoms with Gasteiger partial charge in [0.1, 0.15) is 5.82 Å². The third kappa shape index (κ3) is 5.64. The fourth-order valence-electron chi connectivity index (χ4n) is 3.26. The van der Waals surface area contributed by atoms with E-state index in [0.29, 0.717) is 18.7 Å². The highest BCUT2D eigenvalue weighted by molar-refractivity contribution is 7.89. The molecule has 2 aromatic carbocycles. The number of benzene rings is 2. The Balaban J connectivity index is 1.62. The fraction of sp³-hybridized carbons (Fsp3) is 0.333. The van der Waals surface area contributed by atoms with Gasteiger partial charge < -0.3 is 0 Å². The second kappa shape index (κ2) is 9.82. The van der Waals surface area contributed by atoms with Gasteiger partial charge in [-0.15, -0.1) is 0 Å². The van der Waals surface area contributed by atoms with E-state index in [9.17, 15) is 22.4 Å². The van der Waals surface area contributed by atoms with Crippen LogP contribution >= 0.6 is 0 Å². The summed E-state index contributed by atoms with van der Waals surface area (Å²) in [6, 6.07) is 11.2. The molecule has 2 N–H and O–H groups in total. The molecule has 7 nitrogen and oxygen atoms in total. The van der Waals surface area contributed by atoms with Crippen LogP contribution < -0.4 is 10.9 Å². The van der Waals surface area contributed by atoms with Crippen LogP contribution in [-0.2, 0) is 21.2 Å². The molecule has 1 aliphatic rings. The third-order valence-corrected chi connectivity index (χ3v) is 6.79. The molecular weight excluding hydrogens is 409 g/mol. The predicted octanol–water partition coefficient (Wildman–Crippen LogP) is 2.39. The number of carbonyl (C=O) groups excluding carboxylic acids is 2. The van der Waals surface area contributed by atoms with E-state index in [1.165, 1.54) is 52.8 Å². The predicted molar refractivity (Wildman–Crippen MR) is 109 cm³/mol. The maximum atomic E-state index is 12.9. The molecule has 160 valence electrons. The maximum absolute atomic E-state index is 12.9. The Morgan fingerprint density at radius 3 is 2.27 bits per heavy atom. The van der Waals surface area contributed by atoms with E-state index < -0.39 is 27.7 Å². The average Bonchev–Trinajstić information content (AvgIpc) is 3.04. The Labute approximate surface area is 175 Å². The Bertz CT molecular complexity index is 1000. The smallest absolute Gasteiger partial charge is 0.269 e. The van der Waals surface area contributed by atoms with E-state index in [1.54, 1.807) is 0 Å². The van der Waals surface area contributed by atoms with Crippen molar-refractivity contribution in [1.82, 2.24) is 15.2 Å². The van der Waals surface area contributed by atoms with Gasteiger partial charge in [-0.3, -0.25) is 20.4 Å². The second-order valence-corrected chi connectivity index (χ2v) is 9.09. The van der Waals surface area contributed by atoms with Gasteiger partial charge in [-0.1, -0.05) is 31.0 Å².